The van der Waals surface area contributed by atoms with E-state index in [9.17, 15) is 9.90 Å². The monoisotopic (exact) mass is 222 g/mol. The molecule has 1 aromatic rings. The topological polar surface area (TPSA) is 70.7 Å². The highest BCUT2D eigenvalue weighted by molar-refractivity contribution is 5.93. The molecule has 1 heterocycles. The highest BCUT2D eigenvalue weighted by Crippen LogP contribution is 2.38. The first kappa shape index (κ1) is 10.8. The fourth-order valence-corrected chi connectivity index (χ4v) is 2.05. The first-order valence-corrected chi connectivity index (χ1v) is 5.36. The number of rotatable bonds is 2. The van der Waals surface area contributed by atoms with E-state index in [2.05, 4.69) is 0 Å². The smallest absolute Gasteiger partial charge is 0.372 e. The molecule has 0 aliphatic heterocycles. The van der Waals surface area contributed by atoms with Crippen molar-refractivity contribution in [2.75, 3.05) is 0 Å². The summed E-state index contributed by atoms with van der Waals surface area (Å²) in [6, 6.07) is 0. The second-order valence-corrected chi connectivity index (χ2v) is 3.99. The molecule has 86 valence electrons. The Labute approximate surface area is 93.2 Å². The highest BCUT2D eigenvalue weighted by Gasteiger charge is 2.25. The normalized spacial score (nSPS) is 15.9. The first-order chi connectivity index (χ1) is 7.61. The van der Waals surface area contributed by atoms with Crippen LogP contribution in [0.4, 0.5) is 0 Å². The Morgan fingerprint density at radius 1 is 1.44 bits per heavy atom. The van der Waals surface area contributed by atoms with E-state index in [4.69, 9.17) is 9.52 Å². The van der Waals surface area contributed by atoms with E-state index in [-0.39, 0.29) is 17.3 Å². The van der Waals surface area contributed by atoms with Gasteiger partial charge in [-0.25, -0.2) is 4.79 Å². The minimum atomic E-state index is -1.13. The van der Waals surface area contributed by atoms with Crippen LogP contribution in [0, 0.1) is 6.92 Å². The summed E-state index contributed by atoms with van der Waals surface area (Å²) in [7, 11) is 0. The molecule has 4 heteroatoms. The van der Waals surface area contributed by atoms with Crippen LogP contribution in [-0.4, -0.2) is 16.2 Å². The molecule has 4 nitrogen and oxygen atoms in total. The van der Waals surface area contributed by atoms with Gasteiger partial charge in [0.15, 0.2) is 5.75 Å². The fourth-order valence-electron chi connectivity index (χ4n) is 2.05. The summed E-state index contributed by atoms with van der Waals surface area (Å²) in [5.41, 5.74) is 1.25. The van der Waals surface area contributed by atoms with Gasteiger partial charge in [-0.05, 0) is 38.2 Å². The van der Waals surface area contributed by atoms with E-state index in [1.54, 1.807) is 6.92 Å². The summed E-state index contributed by atoms with van der Waals surface area (Å²) < 4.78 is 5.07. The van der Waals surface area contributed by atoms with E-state index < -0.39 is 5.97 Å². The van der Waals surface area contributed by atoms with Gasteiger partial charge < -0.3 is 14.6 Å². The molecule has 0 spiro atoms. The molecule has 16 heavy (non-hydrogen) atoms. The minimum absolute atomic E-state index is 0.0365. The zero-order valence-electron chi connectivity index (χ0n) is 9.12. The number of aromatic hydroxyl groups is 1. The maximum atomic E-state index is 11.0. The molecule has 1 aromatic heterocycles. The van der Waals surface area contributed by atoms with Gasteiger partial charge in [0.2, 0.25) is 5.76 Å². The van der Waals surface area contributed by atoms with Crippen molar-refractivity contribution in [2.24, 2.45) is 0 Å². The maximum absolute atomic E-state index is 11.0. The largest absolute Gasteiger partial charge is 0.504 e. The molecule has 2 rings (SSSR count). The number of aryl methyl sites for hydroxylation is 1. The molecule has 1 aliphatic rings. The summed E-state index contributed by atoms with van der Waals surface area (Å²) in [5, 5.41) is 18.8. The quantitative estimate of drug-likeness (QED) is 0.807. The minimum Gasteiger partial charge on any atom is -0.504 e. The van der Waals surface area contributed by atoms with Crippen molar-refractivity contribution < 1.29 is 19.4 Å². The molecular weight excluding hydrogens is 208 g/mol. The number of carbonyl (C=O) groups is 1. The molecule has 0 bridgehead atoms. The third-order valence-electron chi connectivity index (χ3n) is 2.86. The number of carboxylic acid groups (broad SMARTS) is 1. The Hall–Kier alpha value is -1.71. The van der Waals surface area contributed by atoms with Gasteiger partial charge in [0, 0.05) is 0 Å². The Balaban J connectivity index is 2.53. The number of hydrogen-bond acceptors (Lipinski definition) is 3. The average Bonchev–Trinajstić information content (AvgIpc) is 2.57. The molecule has 0 atom stereocenters. The van der Waals surface area contributed by atoms with Crippen LogP contribution >= 0.6 is 0 Å². The van der Waals surface area contributed by atoms with Crippen molar-refractivity contribution in [3.05, 3.63) is 23.2 Å². The van der Waals surface area contributed by atoms with E-state index in [0.717, 1.165) is 31.3 Å². The zero-order valence-corrected chi connectivity index (χ0v) is 9.12. The average molecular weight is 222 g/mol. The number of furan rings is 1. The number of hydrogen-bond donors (Lipinski definition) is 2. The third kappa shape index (κ3) is 1.71. The van der Waals surface area contributed by atoms with Crippen LogP contribution in [0.15, 0.2) is 10.5 Å². The van der Waals surface area contributed by atoms with Gasteiger partial charge in [-0.15, -0.1) is 0 Å². The summed E-state index contributed by atoms with van der Waals surface area (Å²) in [5.74, 6) is -1.06. The Bertz CT molecular complexity index is 454. The summed E-state index contributed by atoms with van der Waals surface area (Å²) in [6.07, 6.45) is 5.85. The van der Waals surface area contributed by atoms with Crippen LogP contribution in [-0.2, 0) is 0 Å². The number of allylic oxidation sites excluding steroid dienone is 2. The molecule has 0 aromatic carbocycles. The van der Waals surface area contributed by atoms with Gasteiger partial charge in [-0.2, -0.15) is 0 Å². The number of aromatic carboxylic acids is 1. The van der Waals surface area contributed by atoms with Crippen LogP contribution < -0.4 is 0 Å². The van der Waals surface area contributed by atoms with Gasteiger partial charge in [0.05, 0.1) is 5.56 Å². The first-order valence-electron chi connectivity index (χ1n) is 5.36. The van der Waals surface area contributed by atoms with Crippen LogP contribution in [0.3, 0.4) is 0 Å². The van der Waals surface area contributed by atoms with E-state index in [0.29, 0.717) is 5.56 Å². The van der Waals surface area contributed by atoms with Crippen LogP contribution in [0.2, 0.25) is 0 Å². The van der Waals surface area contributed by atoms with Gasteiger partial charge in [-0.3, -0.25) is 0 Å². The van der Waals surface area contributed by atoms with Crippen molar-refractivity contribution in [3.63, 3.8) is 0 Å². The predicted molar refractivity (Wildman–Crippen MR) is 58.5 cm³/mol. The standard InChI is InChI=1S/C12H14O4/c1-7-10(13)9(11(16-7)12(14)15)8-5-3-2-4-6-8/h5,13H,2-4,6H2,1H3,(H,14,15). The maximum Gasteiger partial charge on any atom is 0.372 e. The molecule has 0 unspecified atom stereocenters. The summed E-state index contributed by atoms with van der Waals surface area (Å²) >= 11 is 0. The SMILES string of the molecule is Cc1oc(C(=O)O)c(C2=CCCCC2)c1O. The molecule has 0 fully saturated rings. The summed E-state index contributed by atoms with van der Waals surface area (Å²) in [4.78, 5) is 11.0. The molecule has 0 saturated heterocycles. The summed E-state index contributed by atoms with van der Waals surface area (Å²) in [6.45, 7) is 1.56. The van der Waals surface area contributed by atoms with Gasteiger partial charge in [-0.1, -0.05) is 6.08 Å². The van der Waals surface area contributed by atoms with Crippen LogP contribution in [0.5, 0.6) is 5.75 Å². The second kappa shape index (κ2) is 4.04. The van der Waals surface area contributed by atoms with Crippen molar-refractivity contribution in [1.82, 2.24) is 0 Å². The highest BCUT2D eigenvalue weighted by atomic mass is 16.4. The van der Waals surface area contributed by atoms with E-state index in [1.165, 1.54) is 0 Å². The van der Waals surface area contributed by atoms with Crippen molar-refractivity contribution in [2.45, 2.75) is 32.6 Å². The molecule has 0 amide bonds. The molecular formula is C12H14O4. The fraction of sp³-hybridized carbons (Fsp3) is 0.417. The van der Waals surface area contributed by atoms with Crippen molar-refractivity contribution in [1.29, 1.82) is 0 Å². The lowest BCUT2D eigenvalue weighted by atomic mass is 9.93. The van der Waals surface area contributed by atoms with E-state index in [1.807, 2.05) is 6.08 Å². The Morgan fingerprint density at radius 3 is 2.75 bits per heavy atom. The van der Waals surface area contributed by atoms with Crippen molar-refractivity contribution >= 4 is 11.5 Å². The third-order valence-corrected chi connectivity index (χ3v) is 2.86. The number of carboxylic acids is 1. The second-order valence-electron chi connectivity index (χ2n) is 3.99. The van der Waals surface area contributed by atoms with Crippen LogP contribution in [0.25, 0.3) is 5.57 Å². The molecule has 2 N–H and O–H groups in total. The molecule has 0 saturated carbocycles. The lowest BCUT2D eigenvalue weighted by Crippen LogP contribution is -2.00. The molecule has 1 aliphatic carbocycles. The Morgan fingerprint density at radius 2 is 2.19 bits per heavy atom. The predicted octanol–water partition coefficient (Wildman–Crippen LogP) is 2.95. The zero-order chi connectivity index (χ0) is 11.7. The van der Waals surface area contributed by atoms with Crippen LogP contribution in [0.1, 0.15) is 47.6 Å². The lowest BCUT2D eigenvalue weighted by Gasteiger charge is -2.11. The van der Waals surface area contributed by atoms with E-state index >= 15 is 0 Å². The Kier molecular flexibility index (Phi) is 2.73. The van der Waals surface area contributed by atoms with Crippen molar-refractivity contribution in [3.8, 4) is 5.75 Å². The van der Waals surface area contributed by atoms with Gasteiger partial charge >= 0.3 is 5.97 Å². The van der Waals surface area contributed by atoms with Gasteiger partial charge in [0.25, 0.3) is 0 Å². The molecule has 0 radical (unpaired) electrons. The van der Waals surface area contributed by atoms with Gasteiger partial charge in [0.1, 0.15) is 5.76 Å². The lowest BCUT2D eigenvalue weighted by molar-refractivity contribution is 0.0660.